The number of aromatic amines is 1. The molecular formula is C16H13ClN4O3S. The molecule has 7 nitrogen and oxygen atoms in total. The van der Waals surface area contributed by atoms with Gasteiger partial charge in [0.1, 0.15) is 0 Å². The van der Waals surface area contributed by atoms with Crippen molar-refractivity contribution in [3.05, 3.63) is 70.6 Å². The van der Waals surface area contributed by atoms with Crippen molar-refractivity contribution in [2.45, 2.75) is 11.8 Å². The average molecular weight is 377 g/mol. The van der Waals surface area contributed by atoms with E-state index in [0.717, 1.165) is 0 Å². The Labute approximate surface area is 148 Å². The first-order valence-electron chi connectivity index (χ1n) is 7.20. The van der Waals surface area contributed by atoms with Crippen molar-refractivity contribution in [3.63, 3.8) is 0 Å². The summed E-state index contributed by atoms with van der Waals surface area (Å²) in [6.07, 6.45) is 0. The van der Waals surface area contributed by atoms with Crippen LogP contribution in [0.1, 0.15) is 5.69 Å². The first-order chi connectivity index (χ1) is 11.9. The third kappa shape index (κ3) is 3.70. The number of aryl methyl sites for hydroxylation is 1. The number of nitrogens with one attached hydrogen (secondary N) is 1. The van der Waals surface area contributed by atoms with Crippen LogP contribution in [0.4, 0.5) is 11.4 Å². The van der Waals surface area contributed by atoms with Crippen molar-refractivity contribution >= 4 is 31.1 Å². The van der Waals surface area contributed by atoms with E-state index >= 15 is 0 Å². The van der Waals surface area contributed by atoms with Crippen molar-refractivity contribution in [2.24, 2.45) is 10.2 Å². The summed E-state index contributed by atoms with van der Waals surface area (Å²) in [4.78, 5) is 12.4. The number of nitrogens with zero attached hydrogens (tertiary/aromatic N) is 3. The van der Waals surface area contributed by atoms with Gasteiger partial charge in [-0.05, 0) is 43.3 Å². The molecule has 0 aliphatic heterocycles. The summed E-state index contributed by atoms with van der Waals surface area (Å²) in [5.41, 5.74) is 1.51. The standard InChI is InChI=1S/C16H13ClN4O3S/c1-11-15(16(22)21(20-11)13-5-3-2-4-6-13)19-18-12-7-9-14(10-8-12)25(17,23)24/h2-10,20H,1H3/b19-18+. The van der Waals surface area contributed by atoms with Crippen LogP contribution in [0.15, 0.2) is 74.5 Å². The van der Waals surface area contributed by atoms with Crippen molar-refractivity contribution in [1.82, 2.24) is 9.78 Å². The molecule has 0 aliphatic carbocycles. The molecule has 0 atom stereocenters. The second-order valence-corrected chi connectivity index (χ2v) is 7.76. The van der Waals surface area contributed by atoms with Gasteiger partial charge in [0.2, 0.25) is 0 Å². The highest BCUT2D eigenvalue weighted by atomic mass is 35.7. The third-order valence-corrected chi connectivity index (χ3v) is 4.81. The van der Waals surface area contributed by atoms with Crippen LogP contribution in [-0.4, -0.2) is 18.2 Å². The second kappa shape index (κ2) is 6.66. The van der Waals surface area contributed by atoms with E-state index in [2.05, 4.69) is 15.3 Å². The summed E-state index contributed by atoms with van der Waals surface area (Å²) in [6.45, 7) is 1.72. The minimum atomic E-state index is -3.79. The van der Waals surface area contributed by atoms with Gasteiger partial charge in [0.25, 0.3) is 14.6 Å². The van der Waals surface area contributed by atoms with E-state index in [0.29, 0.717) is 17.1 Å². The lowest BCUT2D eigenvalue weighted by atomic mass is 10.3. The predicted octanol–water partition coefficient (Wildman–Crippen LogP) is 3.82. The predicted molar refractivity (Wildman–Crippen MR) is 94.8 cm³/mol. The zero-order chi connectivity index (χ0) is 18.0. The molecule has 1 aromatic heterocycles. The Morgan fingerprint density at radius 2 is 1.64 bits per heavy atom. The zero-order valence-electron chi connectivity index (χ0n) is 13.0. The van der Waals surface area contributed by atoms with Crippen molar-refractivity contribution in [3.8, 4) is 5.69 Å². The van der Waals surface area contributed by atoms with E-state index in [1.807, 2.05) is 18.2 Å². The van der Waals surface area contributed by atoms with Crippen LogP contribution in [0.25, 0.3) is 5.69 Å². The maximum atomic E-state index is 12.5. The van der Waals surface area contributed by atoms with Crippen LogP contribution in [0.3, 0.4) is 0 Å². The SMILES string of the molecule is Cc1[nH]n(-c2ccccc2)c(=O)c1/N=N/c1ccc(S(=O)(=O)Cl)cc1. The molecule has 0 saturated heterocycles. The maximum Gasteiger partial charge on any atom is 0.299 e. The molecule has 0 radical (unpaired) electrons. The average Bonchev–Trinajstić information content (AvgIpc) is 2.88. The number of aromatic nitrogens is 2. The monoisotopic (exact) mass is 376 g/mol. The molecule has 128 valence electrons. The van der Waals surface area contributed by atoms with E-state index in [1.54, 1.807) is 19.1 Å². The minimum Gasteiger partial charge on any atom is -0.293 e. The third-order valence-electron chi connectivity index (χ3n) is 3.44. The van der Waals surface area contributed by atoms with Crippen LogP contribution in [0.2, 0.25) is 0 Å². The van der Waals surface area contributed by atoms with Crippen molar-refractivity contribution < 1.29 is 8.42 Å². The molecule has 0 fully saturated rings. The van der Waals surface area contributed by atoms with Gasteiger partial charge in [-0.3, -0.25) is 9.89 Å². The van der Waals surface area contributed by atoms with Crippen LogP contribution in [0, 0.1) is 6.92 Å². The number of hydrogen-bond acceptors (Lipinski definition) is 5. The number of hydrogen-bond donors (Lipinski definition) is 1. The highest BCUT2D eigenvalue weighted by Gasteiger charge is 2.12. The van der Waals surface area contributed by atoms with Crippen molar-refractivity contribution in [2.75, 3.05) is 0 Å². The summed E-state index contributed by atoms with van der Waals surface area (Å²) in [5.74, 6) is 0. The van der Waals surface area contributed by atoms with Gasteiger partial charge in [0.05, 0.1) is 22.0 Å². The fourth-order valence-electron chi connectivity index (χ4n) is 2.20. The first-order valence-corrected chi connectivity index (χ1v) is 9.51. The molecule has 0 bridgehead atoms. The second-order valence-electron chi connectivity index (χ2n) is 5.19. The van der Waals surface area contributed by atoms with Crippen LogP contribution in [-0.2, 0) is 9.05 Å². The number of halogens is 1. The van der Waals surface area contributed by atoms with Gasteiger partial charge < -0.3 is 0 Å². The summed E-state index contributed by atoms with van der Waals surface area (Å²) < 4.78 is 23.8. The molecule has 2 aromatic carbocycles. The van der Waals surface area contributed by atoms with E-state index in [4.69, 9.17) is 10.7 Å². The van der Waals surface area contributed by atoms with Crippen LogP contribution in [0.5, 0.6) is 0 Å². The van der Waals surface area contributed by atoms with Gasteiger partial charge in [-0.15, -0.1) is 5.11 Å². The lowest BCUT2D eigenvalue weighted by Crippen LogP contribution is -2.13. The van der Waals surface area contributed by atoms with E-state index in [9.17, 15) is 13.2 Å². The van der Waals surface area contributed by atoms with Crippen LogP contribution >= 0.6 is 10.7 Å². The number of para-hydroxylation sites is 1. The normalized spacial score (nSPS) is 11.9. The summed E-state index contributed by atoms with van der Waals surface area (Å²) in [5, 5.41) is 10.9. The smallest absolute Gasteiger partial charge is 0.293 e. The number of rotatable bonds is 4. The van der Waals surface area contributed by atoms with Gasteiger partial charge >= 0.3 is 0 Å². The van der Waals surface area contributed by atoms with Gasteiger partial charge in [-0.1, -0.05) is 18.2 Å². The van der Waals surface area contributed by atoms with Gasteiger partial charge in [-0.2, -0.15) is 5.11 Å². The molecule has 3 aromatic rings. The molecule has 25 heavy (non-hydrogen) atoms. The molecule has 0 spiro atoms. The van der Waals surface area contributed by atoms with E-state index < -0.39 is 9.05 Å². The highest BCUT2D eigenvalue weighted by Crippen LogP contribution is 2.22. The molecular weight excluding hydrogens is 364 g/mol. The van der Waals surface area contributed by atoms with E-state index in [1.165, 1.54) is 28.9 Å². The fraction of sp³-hybridized carbons (Fsp3) is 0.0625. The highest BCUT2D eigenvalue weighted by molar-refractivity contribution is 8.13. The molecule has 0 aliphatic rings. The van der Waals surface area contributed by atoms with Crippen LogP contribution < -0.4 is 5.56 Å². The summed E-state index contributed by atoms with van der Waals surface area (Å²) in [6, 6.07) is 14.7. The lowest BCUT2D eigenvalue weighted by Gasteiger charge is -1.99. The number of H-pyrrole nitrogens is 1. The molecule has 3 rings (SSSR count). The molecule has 0 unspecified atom stereocenters. The first kappa shape index (κ1) is 17.1. The quantitative estimate of drug-likeness (QED) is 0.553. The largest absolute Gasteiger partial charge is 0.299 e. The van der Waals surface area contributed by atoms with Crippen molar-refractivity contribution in [1.29, 1.82) is 0 Å². The zero-order valence-corrected chi connectivity index (χ0v) is 14.6. The Kier molecular flexibility index (Phi) is 4.56. The molecule has 1 N–H and O–H groups in total. The van der Waals surface area contributed by atoms with Gasteiger partial charge in [0, 0.05) is 10.7 Å². The maximum absolute atomic E-state index is 12.5. The molecule has 0 amide bonds. The Morgan fingerprint density at radius 1 is 1.00 bits per heavy atom. The summed E-state index contributed by atoms with van der Waals surface area (Å²) in [7, 11) is 1.47. The summed E-state index contributed by atoms with van der Waals surface area (Å²) >= 11 is 0. The molecule has 9 heteroatoms. The lowest BCUT2D eigenvalue weighted by molar-refractivity contribution is 0.609. The number of azo groups is 1. The Bertz CT molecular complexity index is 1080. The fourth-order valence-corrected chi connectivity index (χ4v) is 2.97. The van der Waals surface area contributed by atoms with Gasteiger partial charge in [0.15, 0.2) is 5.69 Å². The Hall–Kier alpha value is -2.71. The van der Waals surface area contributed by atoms with E-state index in [-0.39, 0.29) is 16.1 Å². The molecule has 1 heterocycles. The molecule has 0 saturated carbocycles. The topological polar surface area (TPSA) is 96.7 Å². The minimum absolute atomic E-state index is 0.0302. The number of benzene rings is 2. The Balaban J connectivity index is 1.92. The van der Waals surface area contributed by atoms with Gasteiger partial charge in [-0.25, -0.2) is 13.1 Å². The Morgan fingerprint density at radius 3 is 2.24 bits per heavy atom.